The van der Waals surface area contributed by atoms with E-state index in [1.807, 2.05) is 54.0 Å². The van der Waals surface area contributed by atoms with Crippen molar-refractivity contribution in [2.75, 3.05) is 7.11 Å². The standard InChI is InChI=1S/C19H19N3O3S/c1-25-19(24)13-16(17-4-2-11-26-17)21-18(23)12-14-5-7-15(8-6-14)22-10-3-9-20-22/h2-11,16H,12-13H2,1H3,(H,21,23)/t16-/m1/s1. The highest BCUT2D eigenvalue weighted by Crippen LogP contribution is 2.22. The molecule has 3 aromatic rings. The number of hydrogen-bond donors (Lipinski definition) is 1. The van der Waals surface area contributed by atoms with Gasteiger partial charge in [-0.2, -0.15) is 5.10 Å². The molecule has 0 aliphatic rings. The Morgan fingerprint density at radius 3 is 2.65 bits per heavy atom. The largest absolute Gasteiger partial charge is 0.469 e. The summed E-state index contributed by atoms with van der Waals surface area (Å²) < 4.78 is 6.49. The van der Waals surface area contributed by atoms with Gasteiger partial charge in [0.2, 0.25) is 5.91 Å². The zero-order valence-corrected chi connectivity index (χ0v) is 15.1. The number of thiophene rings is 1. The molecule has 7 heteroatoms. The number of esters is 1. The molecule has 26 heavy (non-hydrogen) atoms. The number of methoxy groups -OCH3 is 1. The fourth-order valence-electron chi connectivity index (χ4n) is 2.58. The third-order valence-corrected chi connectivity index (χ3v) is 4.88. The van der Waals surface area contributed by atoms with Crippen molar-refractivity contribution in [1.82, 2.24) is 15.1 Å². The van der Waals surface area contributed by atoms with Gasteiger partial charge in [0.1, 0.15) is 0 Å². The van der Waals surface area contributed by atoms with Crippen LogP contribution in [0.4, 0.5) is 0 Å². The van der Waals surface area contributed by atoms with Crippen molar-refractivity contribution in [2.45, 2.75) is 18.9 Å². The van der Waals surface area contributed by atoms with Gasteiger partial charge in [-0.1, -0.05) is 18.2 Å². The Labute approximate surface area is 155 Å². The van der Waals surface area contributed by atoms with E-state index in [0.717, 1.165) is 16.1 Å². The van der Waals surface area contributed by atoms with Crippen LogP contribution >= 0.6 is 11.3 Å². The molecule has 1 atom stereocenters. The van der Waals surface area contributed by atoms with Crippen LogP contribution in [0.2, 0.25) is 0 Å². The lowest BCUT2D eigenvalue weighted by Crippen LogP contribution is -2.31. The Kier molecular flexibility index (Phi) is 5.80. The molecule has 6 nitrogen and oxygen atoms in total. The molecule has 1 aromatic carbocycles. The molecular weight excluding hydrogens is 350 g/mol. The topological polar surface area (TPSA) is 73.2 Å². The average molecular weight is 369 g/mol. The SMILES string of the molecule is COC(=O)C[C@@H](NC(=O)Cc1ccc(-n2cccn2)cc1)c1cccs1. The zero-order chi connectivity index (χ0) is 18.4. The van der Waals surface area contributed by atoms with Crippen LogP contribution in [-0.4, -0.2) is 28.8 Å². The van der Waals surface area contributed by atoms with E-state index in [9.17, 15) is 9.59 Å². The van der Waals surface area contributed by atoms with Gasteiger partial charge in [-0.25, -0.2) is 4.68 Å². The van der Waals surface area contributed by atoms with E-state index in [1.54, 1.807) is 10.9 Å². The number of aromatic nitrogens is 2. The maximum atomic E-state index is 12.4. The van der Waals surface area contributed by atoms with Crippen molar-refractivity contribution in [1.29, 1.82) is 0 Å². The number of carbonyl (C=O) groups is 2. The van der Waals surface area contributed by atoms with Gasteiger partial charge in [0.05, 0.1) is 31.7 Å². The molecule has 0 aliphatic carbocycles. The molecule has 1 amide bonds. The molecule has 2 aromatic heterocycles. The summed E-state index contributed by atoms with van der Waals surface area (Å²) in [7, 11) is 1.34. The van der Waals surface area contributed by atoms with E-state index in [1.165, 1.54) is 18.4 Å². The first-order valence-corrected chi connectivity index (χ1v) is 9.02. The maximum absolute atomic E-state index is 12.4. The molecule has 0 fully saturated rings. The van der Waals surface area contributed by atoms with Crippen molar-refractivity contribution < 1.29 is 14.3 Å². The number of rotatable bonds is 7. The Morgan fingerprint density at radius 2 is 2.04 bits per heavy atom. The van der Waals surface area contributed by atoms with Crippen molar-refractivity contribution in [3.63, 3.8) is 0 Å². The molecule has 1 N–H and O–H groups in total. The summed E-state index contributed by atoms with van der Waals surface area (Å²) in [4.78, 5) is 25.0. The van der Waals surface area contributed by atoms with Crippen molar-refractivity contribution in [2.24, 2.45) is 0 Å². The van der Waals surface area contributed by atoms with Crippen molar-refractivity contribution in [3.8, 4) is 5.69 Å². The molecule has 0 spiro atoms. The lowest BCUT2D eigenvalue weighted by atomic mass is 10.1. The number of nitrogens with one attached hydrogen (secondary N) is 1. The van der Waals surface area contributed by atoms with Crippen LogP contribution in [0.5, 0.6) is 0 Å². The molecular formula is C19H19N3O3S. The second-order valence-electron chi connectivity index (χ2n) is 5.71. The van der Waals surface area contributed by atoms with Gasteiger partial charge in [0, 0.05) is 17.3 Å². The van der Waals surface area contributed by atoms with Crippen molar-refractivity contribution >= 4 is 23.2 Å². The van der Waals surface area contributed by atoms with E-state index in [2.05, 4.69) is 10.4 Å². The van der Waals surface area contributed by atoms with E-state index >= 15 is 0 Å². The van der Waals surface area contributed by atoms with E-state index < -0.39 is 0 Å². The molecule has 0 bridgehead atoms. The van der Waals surface area contributed by atoms with E-state index in [0.29, 0.717) is 0 Å². The minimum Gasteiger partial charge on any atom is -0.469 e. The molecule has 134 valence electrons. The van der Waals surface area contributed by atoms with Crippen LogP contribution in [0.25, 0.3) is 5.69 Å². The van der Waals surface area contributed by atoms with Gasteiger partial charge in [0.25, 0.3) is 0 Å². The first-order valence-electron chi connectivity index (χ1n) is 8.14. The molecule has 0 saturated heterocycles. The van der Waals surface area contributed by atoms with E-state index in [-0.39, 0.29) is 30.8 Å². The number of carbonyl (C=O) groups excluding carboxylic acids is 2. The van der Waals surface area contributed by atoms with Gasteiger partial charge >= 0.3 is 5.97 Å². The number of hydrogen-bond acceptors (Lipinski definition) is 5. The highest BCUT2D eigenvalue weighted by atomic mass is 32.1. The monoisotopic (exact) mass is 369 g/mol. The zero-order valence-electron chi connectivity index (χ0n) is 14.3. The quantitative estimate of drug-likeness (QED) is 0.650. The fraction of sp³-hybridized carbons (Fsp3) is 0.211. The summed E-state index contributed by atoms with van der Waals surface area (Å²) in [6.45, 7) is 0. The second-order valence-corrected chi connectivity index (χ2v) is 6.69. The predicted octanol–water partition coefficient (Wildman–Crippen LogP) is 2.90. The molecule has 0 aliphatic heterocycles. The van der Waals surface area contributed by atoms with Gasteiger partial charge in [-0.3, -0.25) is 9.59 Å². The first-order chi connectivity index (χ1) is 12.7. The fourth-order valence-corrected chi connectivity index (χ4v) is 3.36. The Bertz CT molecular complexity index is 843. The van der Waals surface area contributed by atoms with Crippen LogP contribution in [0.15, 0.2) is 60.2 Å². The predicted molar refractivity (Wildman–Crippen MR) is 99.1 cm³/mol. The molecule has 0 unspecified atom stereocenters. The highest BCUT2D eigenvalue weighted by Gasteiger charge is 2.20. The normalized spacial score (nSPS) is 11.7. The molecule has 3 rings (SSSR count). The van der Waals surface area contributed by atoms with Gasteiger partial charge in [-0.15, -0.1) is 11.3 Å². The summed E-state index contributed by atoms with van der Waals surface area (Å²) in [5.41, 5.74) is 1.82. The van der Waals surface area contributed by atoms with Crippen LogP contribution in [-0.2, 0) is 20.7 Å². The third kappa shape index (κ3) is 4.58. The Morgan fingerprint density at radius 1 is 1.23 bits per heavy atom. The summed E-state index contributed by atoms with van der Waals surface area (Å²) >= 11 is 1.50. The smallest absolute Gasteiger partial charge is 0.307 e. The Balaban J connectivity index is 1.63. The van der Waals surface area contributed by atoms with Crippen LogP contribution in [0.3, 0.4) is 0 Å². The minimum absolute atomic E-state index is 0.112. The van der Waals surface area contributed by atoms with Crippen LogP contribution in [0, 0.1) is 0 Å². The number of amides is 1. The molecule has 2 heterocycles. The van der Waals surface area contributed by atoms with Crippen LogP contribution < -0.4 is 5.32 Å². The molecule has 0 radical (unpaired) electrons. The van der Waals surface area contributed by atoms with Gasteiger partial charge < -0.3 is 10.1 Å². The number of nitrogens with zero attached hydrogens (tertiary/aromatic N) is 2. The van der Waals surface area contributed by atoms with E-state index in [4.69, 9.17) is 4.74 Å². The maximum Gasteiger partial charge on any atom is 0.307 e. The first kappa shape index (κ1) is 17.9. The summed E-state index contributed by atoms with van der Waals surface area (Å²) in [6.07, 6.45) is 3.93. The minimum atomic E-state index is -0.377. The number of ether oxygens (including phenoxy) is 1. The molecule has 0 saturated carbocycles. The lowest BCUT2D eigenvalue weighted by Gasteiger charge is -2.16. The average Bonchev–Trinajstić information content (AvgIpc) is 3.35. The second kappa shape index (κ2) is 8.44. The van der Waals surface area contributed by atoms with Crippen LogP contribution in [0.1, 0.15) is 22.9 Å². The van der Waals surface area contributed by atoms with Crippen molar-refractivity contribution in [3.05, 3.63) is 70.7 Å². The van der Waals surface area contributed by atoms with Gasteiger partial charge in [0.15, 0.2) is 0 Å². The number of benzene rings is 1. The Hall–Kier alpha value is -2.93. The third-order valence-electron chi connectivity index (χ3n) is 3.89. The lowest BCUT2D eigenvalue weighted by molar-refractivity contribution is -0.141. The van der Waals surface area contributed by atoms with Gasteiger partial charge in [-0.05, 0) is 35.2 Å². The summed E-state index contributed by atoms with van der Waals surface area (Å²) in [6, 6.07) is 12.9. The summed E-state index contributed by atoms with van der Waals surface area (Å²) in [5, 5.41) is 9.02. The summed E-state index contributed by atoms with van der Waals surface area (Å²) in [5.74, 6) is -0.494. The highest BCUT2D eigenvalue weighted by molar-refractivity contribution is 7.10.